The standard InChI is InChI=1S/C31H30ClFN6O3/c1-34-22-10-21(33)26(32)24-25-28(38-12-15-5-9-23(37(2)3)20(15)14-38)19(11-35-29(25)36-27(22)24)16-4-6-17-7-8-18(31(41)42)30(40)39(17)13-16/h4,6-8,10-11,13,15,20,23,34H,5,9,12,14H2,1-3H3,(H,35,36)(H,41,42)/t15-,20?,23-/m1/s1. The predicted octanol–water partition coefficient (Wildman–Crippen LogP) is 5.30. The third kappa shape index (κ3) is 3.89. The molecular formula is C31H30ClFN6O3. The van der Waals surface area contributed by atoms with Crippen LogP contribution in [-0.4, -0.2) is 70.6 Å². The summed E-state index contributed by atoms with van der Waals surface area (Å²) in [7, 11) is 5.99. The largest absolute Gasteiger partial charge is 0.477 e. The lowest BCUT2D eigenvalue weighted by atomic mass is 9.97. The van der Waals surface area contributed by atoms with Crippen molar-refractivity contribution in [3.05, 3.63) is 69.5 Å². The number of aromatic nitrogens is 3. The second-order valence-electron chi connectivity index (χ2n) is 11.6. The highest BCUT2D eigenvalue weighted by Crippen LogP contribution is 2.49. The van der Waals surface area contributed by atoms with Crippen molar-refractivity contribution in [3.8, 4) is 11.1 Å². The Morgan fingerprint density at radius 2 is 1.98 bits per heavy atom. The lowest BCUT2D eigenvalue weighted by molar-refractivity contribution is 0.0694. The van der Waals surface area contributed by atoms with E-state index in [0.717, 1.165) is 42.6 Å². The maximum atomic E-state index is 15.2. The molecular weight excluding hydrogens is 559 g/mol. The van der Waals surface area contributed by atoms with Crippen LogP contribution in [0.5, 0.6) is 0 Å². The van der Waals surface area contributed by atoms with E-state index in [0.29, 0.717) is 51.2 Å². The number of carboxylic acids is 1. The van der Waals surface area contributed by atoms with E-state index in [4.69, 9.17) is 16.6 Å². The molecule has 5 aromatic rings. The van der Waals surface area contributed by atoms with Gasteiger partial charge in [0.1, 0.15) is 17.0 Å². The average Bonchev–Trinajstić information content (AvgIpc) is 3.67. The van der Waals surface area contributed by atoms with Gasteiger partial charge < -0.3 is 25.2 Å². The van der Waals surface area contributed by atoms with Crippen molar-refractivity contribution in [2.24, 2.45) is 11.8 Å². The quantitative estimate of drug-likeness (QED) is 0.256. The number of halogens is 2. The van der Waals surface area contributed by atoms with Gasteiger partial charge in [-0.3, -0.25) is 9.20 Å². The molecule has 1 aromatic carbocycles. The van der Waals surface area contributed by atoms with E-state index in [9.17, 15) is 14.7 Å². The Bertz CT molecular complexity index is 1990. The molecule has 2 aliphatic rings. The van der Waals surface area contributed by atoms with Crippen LogP contribution in [0.3, 0.4) is 0 Å². The molecule has 42 heavy (non-hydrogen) atoms. The number of benzene rings is 1. The molecule has 0 amide bonds. The maximum absolute atomic E-state index is 15.2. The van der Waals surface area contributed by atoms with Gasteiger partial charge in [-0.1, -0.05) is 17.7 Å². The number of H-pyrrole nitrogens is 1. The summed E-state index contributed by atoms with van der Waals surface area (Å²) in [6.45, 7) is 1.64. The van der Waals surface area contributed by atoms with Crippen molar-refractivity contribution < 1.29 is 14.3 Å². The lowest BCUT2D eigenvalue weighted by Crippen LogP contribution is -2.35. The first kappa shape index (κ1) is 26.7. The molecule has 1 unspecified atom stereocenters. The van der Waals surface area contributed by atoms with Gasteiger partial charge in [0.2, 0.25) is 0 Å². The molecule has 1 aliphatic heterocycles. The van der Waals surface area contributed by atoms with Gasteiger partial charge in [0.05, 0.1) is 27.3 Å². The number of hydrogen-bond donors (Lipinski definition) is 3. The zero-order valence-corrected chi connectivity index (χ0v) is 24.2. The van der Waals surface area contributed by atoms with E-state index in [1.165, 1.54) is 16.5 Å². The summed E-state index contributed by atoms with van der Waals surface area (Å²) in [5.74, 6) is -0.830. The molecule has 1 saturated heterocycles. The molecule has 11 heteroatoms. The van der Waals surface area contributed by atoms with Gasteiger partial charge in [-0.25, -0.2) is 14.2 Å². The Labute approximate surface area is 245 Å². The summed E-state index contributed by atoms with van der Waals surface area (Å²) < 4.78 is 16.5. The van der Waals surface area contributed by atoms with Crippen LogP contribution in [0, 0.1) is 17.7 Å². The second kappa shape index (κ2) is 9.71. The number of aromatic carboxylic acids is 1. The fourth-order valence-corrected chi connectivity index (χ4v) is 7.50. The number of hydrogen-bond acceptors (Lipinski definition) is 6. The number of rotatable bonds is 5. The number of nitrogens with one attached hydrogen (secondary N) is 2. The lowest BCUT2D eigenvalue weighted by Gasteiger charge is -2.28. The van der Waals surface area contributed by atoms with Crippen molar-refractivity contribution in [1.82, 2.24) is 19.3 Å². The van der Waals surface area contributed by atoms with Crippen LogP contribution >= 0.6 is 11.6 Å². The minimum absolute atomic E-state index is 0.0156. The predicted molar refractivity (Wildman–Crippen MR) is 164 cm³/mol. The highest BCUT2D eigenvalue weighted by Gasteiger charge is 2.44. The number of fused-ring (bicyclic) bond motifs is 5. The minimum Gasteiger partial charge on any atom is -0.477 e. The summed E-state index contributed by atoms with van der Waals surface area (Å²) >= 11 is 6.68. The Balaban J connectivity index is 1.52. The summed E-state index contributed by atoms with van der Waals surface area (Å²) in [6, 6.07) is 8.47. The van der Waals surface area contributed by atoms with Crippen LogP contribution in [0.4, 0.5) is 15.8 Å². The van der Waals surface area contributed by atoms with Crippen molar-refractivity contribution in [2.75, 3.05) is 44.4 Å². The monoisotopic (exact) mass is 588 g/mol. The van der Waals surface area contributed by atoms with Gasteiger partial charge >= 0.3 is 5.97 Å². The topological polar surface area (TPSA) is 106 Å². The summed E-state index contributed by atoms with van der Waals surface area (Å²) in [4.78, 5) is 37.6. The van der Waals surface area contributed by atoms with Crippen LogP contribution in [0.15, 0.2) is 47.5 Å². The number of anilines is 2. The number of aromatic amines is 1. The first-order valence-corrected chi connectivity index (χ1v) is 14.4. The van der Waals surface area contributed by atoms with E-state index in [2.05, 4.69) is 34.2 Å². The summed E-state index contributed by atoms with van der Waals surface area (Å²) in [6.07, 6.45) is 5.71. The van der Waals surface area contributed by atoms with Crippen LogP contribution in [0.25, 0.3) is 38.6 Å². The first-order chi connectivity index (χ1) is 20.2. The summed E-state index contributed by atoms with van der Waals surface area (Å²) in [5, 5.41) is 13.9. The SMILES string of the molecule is CNc1cc(F)c(Cl)c2c1[nH]c1ncc(-c3ccc4ccc(C(=O)O)c(=O)n4c3)c(N3CC4[C@H](CC[C@H]4N(C)C)C3)c12. The fraction of sp³-hybridized carbons (Fsp3) is 0.323. The van der Waals surface area contributed by atoms with Gasteiger partial charge in [0.25, 0.3) is 5.56 Å². The van der Waals surface area contributed by atoms with Gasteiger partial charge in [-0.2, -0.15) is 0 Å². The molecule has 0 bridgehead atoms. The van der Waals surface area contributed by atoms with Crippen molar-refractivity contribution in [2.45, 2.75) is 18.9 Å². The zero-order chi connectivity index (χ0) is 29.4. The third-order valence-electron chi connectivity index (χ3n) is 9.22. The molecule has 1 aliphatic carbocycles. The van der Waals surface area contributed by atoms with Crippen LogP contribution < -0.4 is 15.8 Å². The zero-order valence-electron chi connectivity index (χ0n) is 23.4. The maximum Gasteiger partial charge on any atom is 0.341 e. The highest BCUT2D eigenvalue weighted by atomic mass is 35.5. The second-order valence-corrected chi connectivity index (χ2v) is 12.0. The molecule has 0 radical (unpaired) electrons. The molecule has 4 aromatic heterocycles. The molecule has 1 saturated carbocycles. The third-order valence-corrected chi connectivity index (χ3v) is 9.59. The smallest absolute Gasteiger partial charge is 0.341 e. The summed E-state index contributed by atoms with van der Waals surface area (Å²) in [5.41, 5.74) is 3.79. The average molecular weight is 589 g/mol. The van der Waals surface area contributed by atoms with Gasteiger partial charge in [0, 0.05) is 66.7 Å². The van der Waals surface area contributed by atoms with Crippen molar-refractivity contribution in [1.29, 1.82) is 0 Å². The van der Waals surface area contributed by atoms with E-state index in [1.54, 1.807) is 31.6 Å². The highest BCUT2D eigenvalue weighted by molar-refractivity contribution is 6.39. The molecule has 7 rings (SSSR count). The Hall–Kier alpha value is -4.15. The number of carboxylic acid groups (broad SMARTS) is 1. The van der Waals surface area contributed by atoms with Crippen LogP contribution in [0.1, 0.15) is 23.2 Å². The van der Waals surface area contributed by atoms with Crippen molar-refractivity contribution >= 4 is 56.4 Å². The molecule has 3 atom stereocenters. The fourth-order valence-electron chi connectivity index (χ4n) is 7.26. The van der Waals surface area contributed by atoms with E-state index < -0.39 is 17.3 Å². The molecule has 0 spiro atoms. The first-order valence-electron chi connectivity index (χ1n) is 14.0. The van der Waals surface area contributed by atoms with Crippen LogP contribution in [0.2, 0.25) is 5.02 Å². The normalized spacial score (nSPS) is 20.3. The van der Waals surface area contributed by atoms with Crippen LogP contribution in [-0.2, 0) is 0 Å². The Morgan fingerprint density at radius 1 is 1.19 bits per heavy atom. The number of pyridine rings is 3. The Kier molecular flexibility index (Phi) is 6.18. The Morgan fingerprint density at radius 3 is 2.71 bits per heavy atom. The van der Waals surface area contributed by atoms with Gasteiger partial charge in [-0.05, 0) is 57.0 Å². The molecule has 3 N–H and O–H groups in total. The molecule has 216 valence electrons. The van der Waals surface area contributed by atoms with Gasteiger partial charge in [0.15, 0.2) is 0 Å². The van der Waals surface area contributed by atoms with Gasteiger partial charge in [-0.15, -0.1) is 0 Å². The van der Waals surface area contributed by atoms with E-state index in [-0.39, 0.29) is 10.6 Å². The molecule has 9 nitrogen and oxygen atoms in total. The van der Waals surface area contributed by atoms with E-state index >= 15 is 4.39 Å². The number of nitrogens with zero attached hydrogens (tertiary/aromatic N) is 4. The molecule has 5 heterocycles. The molecule has 2 fully saturated rings. The van der Waals surface area contributed by atoms with E-state index in [1.807, 2.05) is 6.07 Å². The van der Waals surface area contributed by atoms with Crippen molar-refractivity contribution in [3.63, 3.8) is 0 Å². The number of carbonyl (C=O) groups is 1. The minimum atomic E-state index is -1.28.